The summed E-state index contributed by atoms with van der Waals surface area (Å²) in [6, 6.07) is 12.7. The molecule has 1 aromatic heterocycles. The first kappa shape index (κ1) is 19.0. The average Bonchev–Trinajstić information content (AvgIpc) is 2.89. The molecule has 0 amide bonds. The summed E-state index contributed by atoms with van der Waals surface area (Å²) in [6.07, 6.45) is 0. The lowest BCUT2D eigenvalue weighted by molar-refractivity contribution is 0.616. The lowest BCUT2D eigenvalue weighted by Gasteiger charge is -2.11. The summed E-state index contributed by atoms with van der Waals surface area (Å²) >= 11 is 5.35. The molecule has 0 aliphatic rings. The van der Waals surface area contributed by atoms with Crippen LogP contribution >= 0.6 is 12.2 Å². The topological polar surface area (TPSA) is 41.9 Å². The second-order valence-corrected chi connectivity index (χ2v) is 6.68. The Kier molecular flexibility index (Phi) is 5.81. The molecule has 2 N–H and O–H groups in total. The lowest BCUT2D eigenvalue weighted by atomic mass is 10.2. The van der Waals surface area contributed by atoms with Gasteiger partial charge in [0.2, 0.25) is 0 Å². The fourth-order valence-electron chi connectivity index (χ4n) is 2.78. The maximum absolute atomic E-state index is 13.4. The SMILES string of the molecule is Cc1nn(Cc2cccc(F)c2)c(C)c1NC(=S)NCc1ccc(F)cc1. The van der Waals surface area contributed by atoms with Gasteiger partial charge in [-0.05, 0) is 61.5 Å². The summed E-state index contributed by atoms with van der Waals surface area (Å²) in [6.45, 7) is 4.79. The van der Waals surface area contributed by atoms with E-state index >= 15 is 0 Å². The van der Waals surface area contributed by atoms with Gasteiger partial charge in [-0.25, -0.2) is 8.78 Å². The van der Waals surface area contributed by atoms with Crippen LogP contribution in [0.25, 0.3) is 0 Å². The van der Waals surface area contributed by atoms with Gasteiger partial charge in [-0.1, -0.05) is 24.3 Å². The molecule has 0 saturated carbocycles. The highest BCUT2D eigenvalue weighted by molar-refractivity contribution is 7.80. The fraction of sp³-hybridized carbons (Fsp3) is 0.200. The maximum Gasteiger partial charge on any atom is 0.171 e. The number of anilines is 1. The highest BCUT2D eigenvalue weighted by Gasteiger charge is 2.13. The van der Waals surface area contributed by atoms with Crippen molar-refractivity contribution in [2.24, 2.45) is 0 Å². The molecule has 0 unspecified atom stereocenters. The zero-order valence-electron chi connectivity index (χ0n) is 15.1. The molecule has 0 spiro atoms. The van der Waals surface area contributed by atoms with Crippen LogP contribution in [0.1, 0.15) is 22.5 Å². The molecule has 4 nitrogen and oxygen atoms in total. The number of hydrogen-bond acceptors (Lipinski definition) is 2. The van der Waals surface area contributed by atoms with Gasteiger partial charge < -0.3 is 10.6 Å². The summed E-state index contributed by atoms with van der Waals surface area (Å²) in [5.74, 6) is -0.532. The van der Waals surface area contributed by atoms with E-state index in [0.717, 1.165) is 28.2 Å². The quantitative estimate of drug-likeness (QED) is 0.641. The van der Waals surface area contributed by atoms with Crippen LogP contribution in [0, 0.1) is 25.5 Å². The molecule has 0 aliphatic carbocycles. The number of halogens is 2. The number of aryl methyl sites for hydroxylation is 1. The number of aromatic nitrogens is 2. The largest absolute Gasteiger partial charge is 0.358 e. The molecule has 0 aliphatic heterocycles. The molecule has 2 aromatic carbocycles. The van der Waals surface area contributed by atoms with E-state index in [1.807, 2.05) is 24.6 Å². The van der Waals surface area contributed by atoms with Crippen molar-refractivity contribution in [3.8, 4) is 0 Å². The van der Waals surface area contributed by atoms with E-state index in [9.17, 15) is 8.78 Å². The van der Waals surface area contributed by atoms with Crippen molar-refractivity contribution in [3.63, 3.8) is 0 Å². The molecule has 7 heteroatoms. The second-order valence-electron chi connectivity index (χ2n) is 6.27. The predicted molar refractivity (Wildman–Crippen MR) is 107 cm³/mol. The van der Waals surface area contributed by atoms with Crippen LogP contribution in [0.3, 0.4) is 0 Å². The molecule has 140 valence electrons. The Bertz CT molecular complexity index is 951. The Hall–Kier alpha value is -2.80. The summed E-state index contributed by atoms with van der Waals surface area (Å²) in [5.41, 5.74) is 4.29. The van der Waals surface area contributed by atoms with Gasteiger partial charge in [0.1, 0.15) is 11.6 Å². The van der Waals surface area contributed by atoms with Crippen LogP contribution in [-0.2, 0) is 13.1 Å². The van der Waals surface area contributed by atoms with Crippen LogP contribution in [0.5, 0.6) is 0 Å². The zero-order valence-corrected chi connectivity index (χ0v) is 15.9. The van der Waals surface area contributed by atoms with Gasteiger partial charge in [-0.3, -0.25) is 4.68 Å². The van der Waals surface area contributed by atoms with Gasteiger partial charge in [0.25, 0.3) is 0 Å². The molecule has 0 bridgehead atoms. The van der Waals surface area contributed by atoms with E-state index in [1.54, 1.807) is 18.2 Å². The van der Waals surface area contributed by atoms with Gasteiger partial charge in [0.05, 0.1) is 23.6 Å². The van der Waals surface area contributed by atoms with E-state index in [-0.39, 0.29) is 11.6 Å². The first-order chi connectivity index (χ1) is 12.9. The van der Waals surface area contributed by atoms with Gasteiger partial charge in [-0.15, -0.1) is 0 Å². The van der Waals surface area contributed by atoms with Crippen molar-refractivity contribution < 1.29 is 8.78 Å². The van der Waals surface area contributed by atoms with Crippen molar-refractivity contribution in [1.29, 1.82) is 0 Å². The van der Waals surface area contributed by atoms with E-state index in [4.69, 9.17) is 12.2 Å². The highest BCUT2D eigenvalue weighted by Crippen LogP contribution is 2.20. The smallest absolute Gasteiger partial charge is 0.171 e. The average molecular weight is 386 g/mol. The monoisotopic (exact) mass is 386 g/mol. The highest BCUT2D eigenvalue weighted by atomic mass is 32.1. The molecule has 0 atom stereocenters. The number of rotatable bonds is 5. The Morgan fingerprint density at radius 1 is 1.04 bits per heavy atom. The van der Waals surface area contributed by atoms with Crippen LogP contribution < -0.4 is 10.6 Å². The number of nitrogens with zero attached hydrogens (tertiary/aromatic N) is 2. The van der Waals surface area contributed by atoms with Crippen LogP contribution in [0.4, 0.5) is 14.5 Å². The van der Waals surface area contributed by atoms with Crippen LogP contribution in [0.15, 0.2) is 48.5 Å². The van der Waals surface area contributed by atoms with Gasteiger partial charge in [-0.2, -0.15) is 5.10 Å². The Balaban J connectivity index is 1.65. The van der Waals surface area contributed by atoms with E-state index in [2.05, 4.69) is 15.7 Å². The van der Waals surface area contributed by atoms with Gasteiger partial charge >= 0.3 is 0 Å². The van der Waals surface area contributed by atoms with Crippen molar-refractivity contribution in [2.45, 2.75) is 26.9 Å². The third-order valence-electron chi connectivity index (χ3n) is 4.21. The maximum atomic E-state index is 13.4. The van der Waals surface area contributed by atoms with Crippen LogP contribution in [0.2, 0.25) is 0 Å². The van der Waals surface area contributed by atoms with E-state index in [1.165, 1.54) is 24.3 Å². The molecule has 27 heavy (non-hydrogen) atoms. The molecule has 1 heterocycles. The molecular formula is C20H20F2N4S. The number of benzene rings is 2. The Morgan fingerprint density at radius 3 is 2.48 bits per heavy atom. The number of hydrogen-bond donors (Lipinski definition) is 2. The molecular weight excluding hydrogens is 366 g/mol. The second kappa shape index (κ2) is 8.26. The summed E-state index contributed by atoms with van der Waals surface area (Å²) < 4.78 is 28.2. The predicted octanol–water partition coefficient (Wildman–Crippen LogP) is 4.31. The van der Waals surface area contributed by atoms with Gasteiger partial charge in [0.15, 0.2) is 5.11 Å². The van der Waals surface area contributed by atoms with E-state index < -0.39 is 0 Å². The van der Waals surface area contributed by atoms with Crippen molar-refractivity contribution in [3.05, 3.63) is 82.7 Å². The first-order valence-corrected chi connectivity index (χ1v) is 8.91. The van der Waals surface area contributed by atoms with Crippen LogP contribution in [-0.4, -0.2) is 14.9 Å². The number of nitrogens with one attached hydrogen (secondary N) is 2. The minimum absolute atomic E-state index is 0.265. The van der Waals surface area contributed by atoms with Crippen molar-refractivity contribution in [1.82, 2.24) is 15.1 Å². The standard InChI is InChI=1S/C20H20F2N4S/c1-13-19(24-20(27)23-11-15-6-8-17(21)9-7-15)14(2)26(25-13)12-16-4-3-5-18(22)10-16/h3-10H,11-12H2,1-2H3,(H2,23,24,27). The Labute approximate surface area is 162 Å². The third-order valence-corrected chi connectivity index (χ3v) is 4.45. The molecule has 3 aromatic rings. The summed E-state index contributed by atoms with van der Waals surface area (Å²) in [7, 11) is 0. The Morgan fingerprint density at radius 2 is 1.78 bits per heavy atom. The minimum Gasteiger partial charge on any atom is -0.358 e. The summed E-state index contributed by atoms with van der Waals surface area (Å²) in [4.78, 5) is 0. The zero-order chi connectivity index (χ0) is 19.4. The van der Waals surface area contributed by atoms with Gasteiger partial charge in [0, 0.05) is 6.54 Å². The van der Waals surface area contributed by atoms with E-state index in [0.29, 0.717) is 18.2 Å². The minimum atomic E-state index is -0.267. The lowest BCUT2D eigenvalue weighted by Crippen LogP contribution is -2.28. The molecule has 0 fully saturated rings. The number of thiocarbonyl (C=S) groups is 1. The summed E-state index contributed by atoms with van der Waals surface area (Å²) in [5, 5.41) is 11.2. The first-order valence-electron chi connectivity index (χ1n) is 8.50. The normalized spacial score (nSPS) is 10.7. The molecule has 0 radical (unpaired) electrons. The molecule has 0 saturated heterocycles. The van der Waals surface area contributed by atoms with Crippen molar-refractivity contribution >= 4 is 23.0 Å². The third kappa shape index (κ3) is 4.89. The fourth-order valence-corrected chi connectivity index (χ4v) is 2.96. The molecule has 3 rings (SSSR count). The van der Waals surface area contributed by atoms with Crippen molar-refractivity contribution in [2.75, 3.05) is 5.32 Å².